The minimum absolute atomic E-state index is 0.0493. The van der Waals surface area contributed by atoms with Gasteiger partial charge in [-0.3, -0.25) is 4.31 Å². The van der Waals surface area contributed by atoms with Gasteiger partial charge in [0.2, 0.25) is 10.0 Å². The molecule has 1 aliphatic rings. The van der Waals surface area contributed by atoms with Gasteiger partial charge >= 0.3 is 5.97 Å². The molecule has 0 saturated carbocycles. The molecule has 0 radical (unpaired) electrons. The van der Waals surface area contributed by atoms with E-state index in [0.29, 0.717) is 30.0 Å². The van der Waals surface area contributed by atoms with Gasteiger partial charge in [0, 0.05) is 16.6 Å². The molecule has 2 aromatic carbocycles. The summed E-state index contributed by atoms with van der Waals surface area (Å²) in [4.78, 5) is 12.4. The highest BCUT2D eigenvalue weighted by Gasteiger charge is 2.28. The average molecular weight is 440 g/mol. The van der Waals surface area contributed by atoms with Crippen molar-refractivity contribution >= 4 is 37.6 Å². The highest BCUT2D eigenvalue weighted by atomic mass is 79.9. The summed E-state index contributed by atoms with van der Waals surface area (Å²) in [6.45, 7) is 0.476. The smallest absolute Gasteiger partial charge is 0.338 e. The first-order chi connectivity index (χ1) is 12.4. The molecule has 0 spiro atoms. The fourth-order valence-electron chi connectivity index (χ4n) is 2.80. The number of nitrogens with zero attached hydrogens (tertiary/aromatic N) is 1. The number of ether oxygens (including phenoxy) is 2. The summed E-state index contributed by atoms with van der Waals surface area (Å²) in [6.07, 6.45) is 0.583. The Morgan fingerprint density at radius 1 is 1.23 bits per heavy atom. The molecule has 0 aliphatic carbocycles. The molecule has 6 nitrogen and oxygen atoms in total. The van der Waals surface area contributed by atoms with E-state index >= 15 is 0 Å². The van der Waals surface area contributed by atoms with Crippen LogP contribution >= 0.6 is 15.9 Å². The lowest BCUT2D eigenvalue weighted by Gasteiger charge is -2.17. The Morgan fingerprint density at radius 2 is 2.04 bits per heavy atom. The number of halogens is 1. The second kappa shape index (κ2) is 7.67. The van der Waals surface area contributed by atoms with Gasteiger partial charge in [0.25, 0.3) is 0 Å². The highest BCUT2D eigenvalue weighted by molar-refractivity contribution is 9.10. The summed E-state index contributed by atoms with van der Waals surface area (Å²) in [7, 11) is -1.74. The van der Waals surface area contributed by atoms with Crippen molar-refractivity contribution in [2.75, 3.05) is 23.7 Å². The van der Waals surface area contributed by atoms with Gasteiger partial charge in [0.1, 0.15) is 12.4 Å². The van der Waals surface area contributed by atoms with Gasteiger partial charge in [-0.05, 0) is 42.8 Å². The van der Waals surface area contributed by atoms with Crippen LogP contribution in [0.4, 0.5) is 5.69 Å². The number of carbonyl (C=O) groups is 1. The third-order valence-corrected chi connectivity index (χ3v) is 6.43. The van der Waals surface area contributed by atoms with Crippen molar-refractivity contribution in [3.63, 3.8) is 0 Å². The first-order valence-electron chi connectivity index (χ1n) is 8.01. The molecular formula is C18H18BrNO5S. The van der Waals surface area contributed by atoms with Crippen LogP contribution in [0.2, 0.25) is 0 Å². The first-order valence-corrected chi connectivity index (χ1v) is 10.4. The van der Waals surface area contributed by atoms with Crippen molar-refractivity contribution in [2.45, 2.75) is 13.0 Å². The van der Waals surface area contributed by atoms with Gasteiger partial charge in [-0.25, -0.2) is 13.2 Å². The van der Waals surface area contributed by atoms with Gasteiger partial charge in [0.05, 0.1) is 24.1 Å². The molecular weight excluding hydrogens is 422 g/mol. The van der Waals surface area contributed by atoms with Crippen molar-refractivity contribution in [3.05, 3.63) is 58.1 Å². The molecule has 0 N–H and O–H groups in total. The summed E-state index contributed by atoms with van der Waals surface area (Å²) in [5.74, 6) is 0.230. The minimum atomic E-state index is -3.29. The Bertz CT molecular complexity index is 929. The van der Waals surface area contributed by atoms with Crippen LogP contribution in [0.1, 0.15) is 22.3 Å². The van der Waals surface area contributed by atoms with Crippen molar-refractivity contribution in [1.29, 1.82) is 0 Å². The fourth-order valence-corrected chi connectivity index (χ4v) is 4.77. The van der Waals surface area contributed by atoms with Gasteiger partial charge in [-0.1, -0.05) is 22.0 Å². The van der Waals surface area contributed by atoms with Crippen LogP contribution in [0.5, 0.6) is 5.75 Å². The van der Waals surface area contributed by atoms with E-state index in [4.69, 9.17) is 9.47 Å². The van der Waals surface area contributed by atoms with Crippen LogP contribution in [-0.4, -0.2) is 33.8 Å². The Kier molecular flexibility index (Phi) is 5.52. The van der Waals surface area contributed by atoms with Gasteiger partial charge in [-0.15, -0.1) is 0 Å². The number of esters is 1. The largest absolute Gasteiger partial charge is 0.496 e. The van der Waals surface area contributed by atoms with E-state index in [0.717, 1.165) is 10.0 Å². The normalized spacial score (nSPS) is 15.7. The summed E-state index contributed by atoms with van der Waals surface area (Å²) in [6, 6.07) is 11.9. The van der Waals surface area contributed by atoms with E-state index in [1.165, 1.54) is 4.31 Å². The molecule has 8 heteroatoms. The first kappa shape index (κ1) is 18.7. The summed E-state index contributed by atoms with van der Waals surface area (Å²) in [5.41, 5.74) is 1.52. The second-order valence-corrected chi connectivity index (χ2v) is 8.75. The predicted octanol–water partition coefficient (Wildman–Crippen LogP) is 3.35. The maximum Gasteiger partial charge on any atom is 0.338 e. The summed E-state index contributed by atoms with van der Waals surface area (Å²) < 4.78 is 36.9. The van der Waals surface area contributed by atoms with Crippen molar-refractivity contribution < 1.29 is 22.7 Å². The quantitative estimate of drug-likeness (QED) is 0.667. The second-order valence-electron chi connectivity index (χ2n) is 5.82. The Labute approximate surface area is 160 Å². The molecule has 0 aromatic heterocycles. The number of sulfonamides is 1. The lowest BCUT2D eigenvalue weighted by Crippen LogP contribution is -2.25. The van der Waals surface area contributed by atoms with Crippen LogP contribution < -0.4 is 9.04 Å². The molecule has 3 rings (SSSR count). The van der Waals surface area contributed by atoms with Crippen LogP contribution in [0, 0.1) is 0 Å². The monoisotopic (exact) mass is 439 g/mol. The average Bonchev–Trinajstić information content (AvgIpc) is 2.99. The van der Waals surface area contributed by atoms with E-state index in [1.807, 2.05) is 12.1 Å². The zero-order chi connectivity index (χ0) is 18.7. The molecule has 2 aromatic rings. The Balaban J connectivity index is 1.75. The molecule has 0 amide bonds. The minimum Gasteiger partial charge on any atom is -0.496 e. The molecule has 1 fully saturated rings. The molecule has 0 bridgehead atoms. The Morgan fingerprint density at radius 3 is 2.73 bits per heavy atom. The number of hydrogen-bond donors (Lipinski definition) is 0. The maximum absolute atomic E-state index is 12.4. The Hall–Kier alpha value is -2.06. The summed E-state index contributed by atoms with van der Waals surface area (Å²) in [5, 5.41) is 0. The third kappa shape index (κ3) is 4.02. The van der Waals surface area contributed by atoms with E-state index in [9.17, 15) is 13.2 Å². The van der Waals surface area contributed by atoms with E-state index in [1.54, 1.807) is 37.4 Å². The van der Waals surface area contributed by atoms with E-state index < -0.39 is 16.0 Å². The lowest BCUT2D eigenvalue weighted by molar-refractivity contribution is 0.0470. The maximum atomic E-state index is 12.4. The van der Waals surface area contributed by atoms with Crippen LogP contribution in [0.15, 0.2) is 46.9 Å². The molecule has 1 heterocycles. The van der Waals surface area contributed by atoms with Gasteiger partial charge in [0.15, 0.2) is 0 Å². The number of hydrogen-bond acceptors (Lipinski definition) is 5. The molecule has 26 heavy (non-hydrogen) atoms. The van der Waals surface area contributed by atoms with Crippen LogP contribution in [0.25, 0.3) is 0 Å². The highest BCUT2D eigenvalue weighted by Crippen LogP contribution is 2.26. The SMILES string of the molecule is COc1ccc(Br)cc1COC(=O)c1cccc(N2CCCS2(=O)=O)c1. The number of anilines is 1. The fraction of sp³-hybridized carbons (Fsp3) is 0.278. The van der Waals surface area contributed by atoms with E-state index in [-0.39, 0.29) is 12.4 Å². The molecule has 0 unspecified atom stereocenters. The standard InChI is InChI=1S/C18H18BrNO5S/c1-24-17-7-6-15(19)10-14(17)12-25-18(21)13-4-2-5-16(11-13)20-8-3-9-26(20,22)23/h2,4-7,10-11H,3,8-9,12H2,1H3. The zero-order valence-electron chi connectivity index (χ0n) is 14.1. The number of carbonyl (C=O) groups excluding carboxylic acids is 1. The molecule has 1 aliphatic heterocycles. The predicted molar refractivity (Wildman–Crippen MR) is 102 cm³/mol. The number of benzene rings is 2. The number of methoxy groups -OCH3 is 1. The zero-order valence-corrected chi connectivity index (χ0v) is 16.5. The molecule has 138 valence electrons. The van der Waals surface area contributed by atoms with Crippen LogP contribution in [0.3, 0.4) is 0 Å². The van der Waals surface area contributed by atoms with Gasteiger partial charge < -0.3 is 9.47 Å². The summed E-state index contributed by atoms with van der Waals surface area (Å²) >= 11 is 3.38. The van der Waals surface area contributed by atoms with Crippen molar-refractivity contribution in [2.24, 2.45) is 0 Å². The molecule has 1 saturated heterocycles. The lowest BCUT2D eigenvalue weighted by atomic mass is 10.2. The third-order valence-electron chi connectivity index (χ3n) is 4.07. The topological polar surface area (TPSA) is 72.9 Å². The molecule has 0 atom stereocenters. The van der Waals surface area contributed by atoms with Crippen molar-refractivity contribution in [3.8, 4) is 5.75 Å². The van der Waals surface area contributed by atoms with Crippen molar-refractivity contribution in [1.82, 2.24) is 0 Å². The van der Waals surface area contributed by atoms with Crippen LogP contribution in [-0.2, 0) is 21.4 Å². The van der Waals surface area contributed by atoms with E-state index in [2.05, 4.69) is 15.9 Å². The van der Waals surface area contributed by atoms with Gasteiger partial charge in [-0.2, -0.15) is 0 Å². The number of rotatable bonds is 5.